The van der Waals surface area contributed by atoms with Gasteiger partial charge in [0.1, 0.15) is 17.7 Å². The molecule has 0 radical (unpaired) electrons. The van der Waals surface area contributed by atoms with E-state index in [-0.39, 0.29) is 5.82 Å². The highest BCUT2D eigenvalue weighted by Gasteiger charge is 2.23. The van der Waals surface area contributed by atoms with E-state index in [9.17, 15) is 9.50 Å². The van der Waals surface area contributed by atoms with Gasteiger partial charge in [-0.15, -0.1) is 11.3 Å². The van der Waals surface area contributed by atoms with Crippen LogP contribution in [0.15, 0.2) is 53.9 Å². The summed E-state index contributed by atoms with van der Waals surface area (Å²) in [5, 5.41) is 16.0. The average molecular weight is 331 g/mol. The van der Waals surface area contributed by atoms with Crippen LogP contribution >= 0.6 is 11.3 Å². The number of halogens is 1. The van der Waals surface area contributed by atoms with Crippen LogP contribution in [-0.4, -0.2) is 24.8 Å². The molecule has 3 nitrogen and oxygen atoms in total. The van der Waals surface area contributed by atoms with Crippen LogP contribution in [0.2, 0.25) is 0 Å². The molecule has 0 fully saturated rings. The number of hydrogen-bond donors (Lipinski definition) is 2. The molecule has 0 aliphatic carbocycles. The third-order valence-corrected chi connectivity index (χ3v) is 4.60. The van der Waals surface area contributed by atoms with Gasteiger partial charge >= 0.3 is 0 Å². The molecule has 0 amide bonds. The zero-order chi connectivity index (χ0) is 16.2. The van der Waals surface area contributed by atoms with Crippen LogP contribution in [0, 0.1) is 5.82 Å². The number of rotatable bonds is 6. The Balaban J connectivity index is 1.97. The van der Waals surface area contributed by atoms with Crippen LogP contribution in [0.4, 0.5) is 4.39 Å². The standard InChI is InChI=1S/C18H18FNO2S/c1-20-11-15(21)17(12-5-3-2-4-6-12)22-16-8-7-14(19)18-13(16)9-10-23-18/h2-10,15,17,20-21H,11H2,1H3/t15-,17+/m1/s1. The molecule has 5 heteroatoms. The SMILES string of the molecule is CNC[C@@H](O)[C@@H](Oc1ccc(F)c2sccc12)c1ccccc1. The lowest BCUT2D eigenvalue weighted by atomic mass is 10.0. The number of aliphatic hydroxyl groups is 1. The van der Waals surface area contributed by atoms with E-state index >= 15 is 0 Å². The van der Waals surface area contributed by atoms with Gasteiger partial charge in [-0.3, -0.25) is 0 Å². The second-order valence-electron chi connectivity index (χ2n) is 5.28. The van der Waals surface area contributed by atoms with Crippen LogP contribution in [0.1, 0.15) is 11.7 Å². The topological polar surface area (TPSA) is 41.5 Å². The highest BCUT2D eigenvalue weighted by Crippen LogP contribution is 2.35. The maximum atomic E-state index is 13.8. The number of hydrogen-bond acceptors (Lipinski definition) is 4. The van der Waals surface area contributed by atoms with Crippen molar-refractivity contribution < 1.29 is 14.2 Å². The molecular formula is C18H18FNO2S. The van der Waals surface area contributed by atoms with Gasteiger partial charge in [0.05, 0.1) is 4.70 Å². The summed E-state index contributed by atoms with van der Waals surface area (Å²) < 4.78 is 20.5. The molecule has 0 bridgehead atoms. The van der Waals surface area contributed by atoms with E-state index in [0.717, 1.165) is 10.9 Å². The minimum Gasteiger partial charge on any atom is -0.482 e. The Bertz CT molecular complexity index is 775. The Hall–Kier alpha value is -1.95. The van der Waals surface area contributed by atoms with Gasteiger partial charge in [0, 0.05) is 11.9 Å². The van der Waals surface area contributed by atoms with Crippen molar-refractivity contribution in [1.29, 1.82) is 0 Å². The van der Waals surface area contributed by atoms with Crippen LogP contribution in [0.25, 0.3) is 10.1 Å². The van der Waals surface area contributed by atoms with E-state index in [1.54, 1.807) is 13.1 Å². The Labute approximate surface area is 138 Å². The molecule has 0 aliphatic heterocycles. The normalized spacial score (nSPS) is 13.9. The van der Waals surface area contributed by atoms with Crippen molar-refractivity contribution in [2.24, 2.45) is 0 Å². The second-order valence-corrected chi connectivity index (χ2v) is 6.20. The second kappa shape index (κ2) is 7.08. The molecule has 1 aromatic heterocycles. The summed E-state index contributed by atoms with van der Waals surface area (Å²) in [6.07, 6.45) is -1.25. The lowest BCUT2D eigenvalue weighted by Gasteiger charge is -2.25. The van der Waals surface area contributed by atoms with Gasteiger partial charge in [-0.25, -0.2) is 4.39 Å². The van der Waals surface area contributed by atoms with Crippen molar-refractivity contribution in [3.63, 3.8) is 0 Å². The molecule has 3 aromatic rings. The maximum Gasteiger partial charge on any atom is 0.151 e. The van der Waals surface area contributed by atoms with Crippen LogP contribution in [0.3, 0.4) is 0 Å². The maximum absolute atomic E-state index is 13.8. The van der Waals surface area contributed by atoms with E-state index in [0.29, 0.717) is 17.0 Å². The van der Waals surface area contributed by atoms with Gasteiger partial charge in [-0.05, 0) is 36.2 Å². The predicted molar refractivity (Wildman–Crippen MR) is 91.5 cm³/mol. The molecule has 1 heterocycles. The highest BCUT2D eigenvalue weighted by molar-refractivity contribution is 7.17. The lowest BCUT2D eigenvalue weighted by molar-refractivity contribution is 0.0379. The molecule has 23 heavy (non-hydrogen) atoms. The van der Waals surface area contributed by atoms with E-state index < -0.39 is 12.2 Å². The van der Waals surface area contributed by atoms with Gasteiger partial charge in [0.25, 0.3) is 0 Å². The van der Waals surface area contributed by atoms with Crippen LogP contribution in [-0.2, 0) is 0 Å². The van der Waals surface area contributed by atoms with E-state index in [1.165, 1.54) is 17.4 Å². The first kappa shape index (κ1) is 15.9. The number of likely N-dealkylation sites (N-methyl/N-ethyl adjacent to an activating group) is 1. The molecule has 2 aromatic carbocycles. The third-order valence-electron chi connectivity index (χ3n) is 3.67. The quantitative estimate of drug-likeness (QED) is 0.723. The minimum absolute atomic E-state index is 0.255. The molecule has 0 spiro atoms. The molecule has 2 atom stereocenters. The molecule has 0 aliphatic rings. The van der Waals surface area contributed by atoms with Crippen LogP contribution < -0.4 is 10.1 Å². The average Bonchev–Trinajstić information content (AvgIpc) is 3.06. The fourth-order valence-electron chi connectivity index (χ4n) is 2.57. The largest absolute Gasteiger partial charge is 0.482 e. The fraction of sp³-hybridized carbons (Fsp3) is 0.222. The zero-order valence-electron chi connectivity index (χ0n) is 12.7. The summed E-state index contributed by atoms with van der Waals surface area (Å²) in [6, 6.07) is 14.4. The number of nitrogens with one attached hydrogen (secondary N) is 1. The van der Waals surface area contributed by atoms with Crippen molar-refractivity contribution in [1.82, 2.24) is 5.32 Å². The number of fused-ring (bicyclic) bond motifs is 1. The first-order valence-corrected chi connectivity index (χ1v) is 8.28. The molecule has 0 saturated carbocycles. The molecule has 120 valence electrons. The first-order chi connectivity index (χ1) is 11.2. The summed E-state index contributed by atoms with van der Waals surface area (Å²) in [5.74, 6) is 0.320. The van der Waals surface area contributed by atoms with Crippen molar-refractivity contribution in [3.8, 4) is 5.75 Å². The summed E-state index contributed by atoms with van der Waals surface area (Å²) >= 11 is 1.34. The Morgan fingerprint density at radius 1 is 1.17 bits per heavy atom. The van der Waals surface area contributed by atoms with Crippen molar-refractivity contribution in [2.75, 3.05) is 13.6 Å². The molecular weight excluding hydrogens is 313 g/mol. The van der Waals surface area contributed by atoms with E-state index in [2.05, 4.69) is 5.32 Å². The molecule has 0 unspecified atom stereocenters. The lowest BCUT2D eigenvalue weighted by Crippen LogP contribution is -2.32. The van der Waals surface area contributed by atoms with Crippen molar-refractivity contribution in [3.05, 3.63) is 65.3 Å². The Morgan fingerprint density at radius 2 is 1.96 bits per heavy atom. The third kappa shape index (κ3) is 3.37. The van der Waals surface area contributed by atoms with E-state index in [4.69, 9.17) is 4.74 Å². The van der Waals surface area contributed by atoms with Crippen LogP contribution in [0.5, 0.6) is 5.75 Å². The van der Waals surface area contributed by atoms with Crippen molar-refractivity contribution in [2.45, 2.75) is 12.2 Å². The summed E-state index contributed by atoms with van der Waals surface area (Å²) in [4.78, 5) is 0. The Morgan fingerprint density at radius 3 is 2.70 bits per heavy atom. The highest BCUT2D eigenvalue weighted by atomic mass is 32.1. The predicted octanol–water partition coefficient (Wildman–Crippen LogP) is 3.74. The Kier molecular flexibility index (Phi) is 4.91. The number of benzene rings is 2. The summed E-state index contributed by atoms with van der Waals surface area (Å²) in [7, 11) is 1.78. The van der Waals surface area contributed by atoms with E-state index in [1.807, 2.05) is 41.8 Å². The fourth-order valence-corrected chi connectivity index (χ4v) is 3.39. The van der Waals surface area contributed by atoms with Gasteiger partial charge in [0.15, 0.2) is 6.10 Å². The monoisotopic (exact) mass is 331 g/mol. The smallest absolute Gasteiger partial charge is 0.151 e. The first-order valence-electron chi connectivity index (χ1n) is 7.40. The van der Waals surface area contributed by atoms with Gasteiger partial charge in [-0.2, -0.15) is 0 Å². The number of aliphatic hydroxyl groups excluding tert-OH is 1. The van der Waals surface area contributed by atoms with Crippen molar-refractivity contribution >= 4 is 21.4 Å². The number of ether oxygens (including phenoxy) is 1. The molecule has 0 saturated heterocycles. The molecule has 2 N–H and O–H groups in total. The molecule has 3 rings (SSSR count). The van der Waals surface area contributed by atoms with Gasteiger partial charge in [-0.1, -0.05) is 30.3 Å². The van der Waals surface area contributed by atoms with Gasteiger partial charge in [0.2, 0.25) is 0 Å². The minimum atomic E-state index is -0.721. The summed E-state index contributed by atoms with van der Waals surface area (Å²) in [6.45, 7) is 0.396. The zero-order valence-corrected chi connectivity index (χ0v) is 13.5. The summed E-state index contributed by atoms with van der Waals surface area (Å²) in [5.41, 5.74) is 0.878. The van der Waals surface area contributed by atoms with Gasteiger partial charge < -0.3 is 15.2 Å². The number of thiophene rings is 1.